The van der Waals surface area contributed by atoms with Gasteiger partial charge in [-0.3, -0.25) is 0 Å². The Labute approximate surface area is 125 Å². The third kappa shape index (κ3) is 2.77. The molecule has 1 aromatic carbocycles. The molecule has 0 unspecified atom stereocenters. The first kappa shape index (κ1) is 13.7. The minimum atomic E-state index is 0.734. The van der Waals surface area contributed by atoms with Crippen molar-refractivity contribution in [3.05, 3.63) is 36.2 Å². The smallest absolute Gasteiger partial charge is 0.142 e. The molecule has 0 amide bonds. The zero-order chi connectivity index (χ0) is 14.7. The summed E-state index contributed by atoms with van der Waals surface area (Å²) < 4.78 is 5.81. The number of rotatable bonds is 3. The van der Waals surface area contributed by atoms with Crippen molar-refractivity contribution in [2.45, 2.75) is 19.8 Å². The standard InChI is InChI=1S/C16H20N4O/c1-3-14-18-15(17-2)11-16(19-14)20-9-6-10-21-13-8-5-4-7-12(13)20/h4-5,7-8,11H,3,6,9-10H2,1-2H3,(H,17,18,19). The Kier molecular flexibility index (Phi) is 3.90. The van der Waals surface area contributed by atoms with E-state index in [-0.39, 0.29) is 0 Å². The minimum absolute atomic E-state index is 0.734. The largest absolute Gasteiger partial charge is 0.491 e. The van der Waals surface area contributed by atoms with Crippen molar-refractivity contribution < 1.29 is 4.74 Å². The molecule has 21 heavy (non-hydrogen) atoms. The third-order valence-electron chi connectivity index (χ3n) is 3.55. The van der Waals surface area contributed by atoms with Gasteiger partial charge in [0.2, 0.25) is 0 Å². The van der Waals surface area contributed by atoms with Crippen molar-refractivity contribution in [3.63, 3.8) is 0 Å². The molecule has 0 saturated carbocycles. The van der Waals surface area contributed by atoms with Crippen LogP contribution in [0.15, 0.2) is 30.3 Å². The fourth-order valence-corrected chi connectivity index (χ4v) is 2.47. The predicted molar refractivity (Wildman–Crippen MR) is 84.5 cm³/mol. The Morgan fingerprint density at radius 1 is 1.29 bits per heavy atom. The number of para-hydroxylation sites is 2. The monoisotopic (exact) mass is 284 g/mol. The van der Waals surface area contributed by atoms with Gasteiger partial charge in [-0.05, 0) is 18.6 Å². The van der Waals surface area contributed by atoms with E-state index in [1.54, 1.807) is 0 Å². The van der Waals surface area contributed by atoms with Crippen LogP contribution in [0.4, 0.5) is 17.3 Å². The maximum Gasteiger partial charge on any atom is 0.142 e. The Hall–Kier alpha value is -2.30. The number of nitrogens with zero attached hydrogens (tertiary/aromatic N) is 3. The molecule has 1 aromatic heterocycles. The third-order valence-corrected chi connectivity index (χ3v) is 3.55. The van der Waals surface area contributed by atoms with Gasteiger partial charge in [-0.1, -0.05) is 19.1 Å². The molecule has 2 heterocycles. The van der Waals surface area contributed by atoms with Crippen LogP contribution in [0.3, 0.4) is 0 Å². The Morgan fingerprint density at radius 3 is 2.95 bits per heavy atom. The first-order valence-corrected chi connectivity index (χ1v) is 7.37. The molecule has 0 aliphatic carbocycles. The number of fused-ring (bicyclic) bond motifs is 1. The van der Waals surface area contributed by atoms with Crippen LogP contribution in [-0.4, -0.2) is 30.2 Å². The molecule has 1 N–H and O–H groups in total. The van der Waals surface area contributed by atoms with E-state index < -0.39 is 0 Å². The lowest BCUT2D eigenvalue weighted by atomic mass is 10.2. The number of hydrogen-bond acceptors (Lipinski definition) is 5. The fraction of sp³-hybridized carbons (Fsp3) is 0.375. The van der Waals surface area contributed by atoms with Gasteiger partial charge in [0.05, 0.1) is 12.3 Å². The zero-order valence-electron chi connectivity index (χ0n) is 12.5. The molecule has 0 spiro atoms. The Bertz CT molecular complexity index is 607. The van der Waals surface area contributed by atoms with Crippen molar-refractivity contribution in [2.75, 3.05) is 30.4 Å². The Morgan fingerprint density at radius 2 is 2.14 bits per heavy atom. The van der Waals surface area contributed by atoms with Gasteiger partial charge in [-0.15, -0.1) is 0 Å². The molecule has 3 rings (SSSR count). The molecule has 0 bridgehead atoms. The van der Waals surface area contributed by atoms with Crippen LogP contribution in [0.1, 0.15) is 19.2 Å². The van der Waals surface area contributed by atoms with E-state index in [1.807, 2.05) is 31.3 Å². The van der Waals surface area contributed by atoms with E-state index in [4.69, 9.17) is 4.74 Å². The highest BCUT2D eigenvalue weighted by atomic mass is 16.5. The molecule has 0 atom stereocenters. The molecule has 1 aliphatic rings. The maximum atomic E-state index is 5.81. The van der Waals surface area contributed by atoms with Crippen molar-refractivity contribution in [2.24, 2.45) is 0 Å². The Balaban J connectivity index is 2.07. The van der Waals surface area contributed by atoms with E-state index in [0.29, 0.717) is 0 Å². The average molecular weight is 284 g/mol. The zero-order valence-corrected chi connectivity index (χ0v) is 12.5. The molecule has 1 aliphatic heterocycles. The molecule has 0 radical (unpaired) electrons. The molecule has 110 valence electrons. The number of anilines is 3. The van der Waals surface area contributed by atoms with Gasteiger partial charge >= 0.3 is 0 Å². The second kappa shape index (κ2) is 5.99. The number of benzene rings is 1. The van der Waals surface area contributed by atoms with Crippen LogP contribution in [0.25, 0.3) is 0 Å². The summed E-state index contributed by atoms with van der Waals surface area (Å²) in [5, 5.41) is 3.11. The van der Waals surface area contributed by atoms with E-state index in [2.05, 4.69) is 33.2 Å². The number of aromatic nitrogens is 2. The molecule has 2 aromatic rings. The van der Waals surface area contributed by atoms with Crippen LogP contribution < -0.4 is 15.0 Å². The highest BCUT2D eigenvalue weighted by Gasteiger charge is 2.19. The van der Waals surface area contributed by atoms with Crippen LogP contribution in [0.5, 0.6) is 5.75 Å². The quantitative estimate of drug-likeness (QED) is 0.939. The summed E-state index contributed by atoms with van der Waals surface area (Å²) >= 11 is 0. The van der Waals surface area contributed by atoms with Crippen LogP contribution in [-0.2, 0) is 6.42 Å². The van der Waals surface area contributed by atoms with E-state index in [9.17, 15) is 0 Å². The first-order valence-electron chi connectivity index (χ1n) is 7.37. The van der Waals surface area contributed by atoms with Crippen LogP contribution in [0, 0.1) is 0 Å². The first-order chi connectivity index (χ1) is 10.3. The summed E-state index contributed by atoms with van der Waals surface area (Å²) in [5.74, 6) is 3.53. The molecule has 5 heteroatoms. The highest BCUT2D eigenvalue weighted by Crippen LogP contribution is 2.35. The second-order valence-electron chi connectivity index (χ2n) is 4.95. The average Bonchev–Trinajstić information content (AvgIpc) is 2.76. The summed E-state index contributed by atoms with van der Waals surface area (Å²) in [5.41, 5.74) is 1.07. The fourth-order valence-electron chi connectivity index (χ4n) is 2.47. The van der Waals surface area contributed by atoms with Crippen molar-refractivity contribution >= 4 is 17.3 Å². The van der Waals surface area contributed by atoms with Gasteiger partial charge in [0.15, 0.2) is 0 Å². The highest BCUT2D eigenvalue weighted by molar-refractivity contribution is 5.68. The lowest BCUT2D eigenvalue weighted by molar-refractivity contribution is 0.322. The number of nitrogens with one attached hydrogen (secondary N) is 1. The topological polar surface area (TPSA) is 50.3 Å². The normalized spacial score (nSPS) is 14.1. The van der Waals surface area contributed by atoms with E-state index in [1.165, 1.54) is 0 Å². The lowest BCUT2D eigenvalue weighted by Gasteiger charge is -2.23. The van der Waals surface area contributed by atoms with Gasteiger partial charge in [-0.2, -0.15) is 0 Å². The molecule has 0 saturated heterocycles. The summed E-state index contributed by atoms with van der Waals surface area (Å²) in [6, 6.07) is 10.1. The number of hydrogen-bond donors (Lipinski definition) is 1. The number of aryl methyl sites for hydroxylation is 1. The van der Waals surface area contributed by atoms with Gasteiger partial charge in [0.25, 0.3) is 0 Å². The van der Waals surface area contributed by atoms with Gasteiger partial charge in [-0.25, -0.2) is 9.97 Å². The molecular formula is C16H20N4O. The van der Waals surface area contributed by atoms with Crippen molar-refractivity contribution in [1.82, 2.24) is 9.97 Å². The molecule has 5 nitrogen and oxygen atoms in total. The van der Waals surface area contributed by atoms with Crippen molar-refractivity contribution in [1.29, 1.82) is 0 Å². The molecular weight excluding hydrogens is 264 g/mol. The maximum absolute atomic E-state index is 5.81. The van der Waals surface area contributed by atoms with Gasteiger partial charge in [0, 0.05) is 26.1 Å². The summed E-state index contributed by atoms with van der Waals surface area (Å²) in [4.78, 5) is 11.4. The van der Waals surface area contributed by atoms with Crippen LogP contribution >= 0.6 is 0 Å². The molecule has 0 fully saturated rings. The summed E-state index contributed by atoms with van der Waals surface area (Å²) in [7, 11) is 1.88. The summed E-state index contributed by atoms with van der Waals surface area (Å²) in [6.45, 7) is 3.69. The minimum Gasteiger partial charge on any atom is -0.491 e. The SMILES string of the molecule is CCc1nc(NC)cc(N2CCCOc3ccccc32)n1. The second-order valence-corrected chi connectivity index (χ2v) is 4.95. The van der Waals surface area contributed by atoms with E-state index >= 15 is 0 Å². The van der Waals surface area contributed by atoms with E-state index in [0.717, 1.165) is 54.9 Å². The summed E-state index contributed by atoms with van der Waals surface area (Å²) in [6.07, 6.45) is 1.78. The lowest BCUT2D eigenvalue weighted by Crippen LogP contribution is -2.20. The van der Waals surface area contributed by atoms with Gasteiger partial charge in [0.1, 0.15) is 23.2 Å². The predicted octanol–water partition coefficient (Wildman–Crippen LogP) is 3.00. The van der Waals surface area contributed by atoms with Crippen LogP contribution in [0.2, 0.25) is 0 Å². The van der Waals surface area contributed by atoms with Gasteiger partial charge < -0.3 is 15.0 Å². The van der Waals surface area contributed by atoms with Crippen molar-refractivity contribution in [3.8, 4) is 5.75 Å². The number of ether oxygens (including phenoxy) is 1.